The number of likely N-dealkylation sites (tertiary alicyclic amines) is 1. The second kappa shape index (κ2) is 10.1. The molecule has 0 aromatic heterocycles. The molecule has 1 aliphatic heterocycles. The second-order valence-electron chi connectivity index (χ2n) is 7.35. The van der Waals surface area contributed by atoms with E-state index >= 15 is 0 Å². The molecular formula is C23H30N2O2. The third kappa shape index (κ3) is 6.72. The topological polar surface area (TPSA) is 41.6 Å². The van der Waals surface area contributed by atoms with Crippen molar-refractivity contribution in [3.63, 3.8) is 0 Å². The first kappa shape index (κ1) is 19.4. The van der Waals surface area contributed by atoms with Crippen molar-refractivity contribution >= 4 is 11.6 Å². The van der Waals surface area contributed by atoms with Gasteiger partial charge in [-0.2, -0.15) is 0 Å². The zero-order valence-corrected chi connectivity index (χ0v) is 16.2. The average molecular weight is 367 g/mol. The summed E-state index contributed by atoms with van der Waals surface area (Å²) >= 11 is 0. The maximum Gasteiger partial charge on any atom is 0.224 e. The molecule has 2 aromatic carbocycles. The first-order chi connectivity index (χ1) is 13.2. The number of hydrogen-bond donors (Lipinski definition) is 1. The van der Waals surface area contributed by atoms with E-state index in [1.54, 1.807) is 0 Å². The van der Waals surface area contributed by atoms with Gasteiger partial charge in [-0.3, -0.25) is 9.69 Å². The summed E-state index contributed by atoms with van der Waals surface area (Å²) in [6, 6.07) is 16.2. The van der Waals surface area contributed by atoms with Gasteiger partial charge in [0.05, 0.1) is 6.61 Å². The van der Waals surface area contributed by atoms with E-state index in [1.165, 1.54) is 43.5 Å². The molecule has 1 heterocycles. The molecule has 1 fully saturated rings. The van der Waals surface area contributed by atoms with E-state index in [-0.39, 0.29) is 5.91 Å². The average Bonchev–Trinajstić information content (AvgIpc) is 2.69. The molecule has 4 nitrogen and oxygen atoms in total. The fraction of sp³-hybridized carbons (Fsp3) is 0.435. The number of nitrogens with zero attached hydrogens (tertiary/aromatic N) is 1. The molecule has 0 unspecified atom stereocenters. The van der Waals surface area contributed by atoms with E-state index in [4.69, 9.17) is 4.74 Å². The number of rotatable bonds is 8. The van der Waals surface area contributed by atoms with Crippen LogP contribution in [0.15, 0.2) is 48.5 Å². The molecule has 1 N–H and O–H groups in total. The third-order valence-electron chi connectivity index (χ3n) is 4.93. The predicted octanol–water partition coefficient (Wildman–Crippen LogP) is 4.78. The molecule has 0 spiro atoms. The summed E-state index contributed by atoms with van der Waals surface area (Å²) in [4.78, 5) is 14.6. The normalized spacial score (nSPS) is 14.7. The molecule has 0 bridgehead atoms. The predicted molar refractivity (Wildman–Crippen MR) is 110 cm³/mol. The molecule has 0 atom stereocenters. The van der Waals surface area contributed by atoms with Gasteiger partial charge in [0.25, 0.3) is 0 Å². The lowest BCUT2D eigenvalue weighted by molar-refractivity contribution is -0.116. The first-order valence-corrected chi connectivity index (χ1v) is 10.00. The van der Waals surface area contributed by atoms with Crippen LogP contribution in [0.4, 0.5) is 5.69 Å². The van der Waals surface area contributed by atoms with Gasteiger partial charge in [0, 0.05) is 18.7 Å². The van der Waals surface area contributed by atoms with Crippen molar-refractivity contribution in [1.29, 1.82) is 0 Å². The molecule has 144 valence electrons. The highest BCUT2D eigenvalue weighted by molar-refractivity contribution is 5.90. The van der Waals surface area contributed by atoms with Gasteiger partial charge in [-0.15, -0.1) is 0 Å². The lowest BCUT2D eigenvalue weighted by Gasteiger charge is -2.26. The molecule has 1 amide bonds. The second-order valence-corrected chi connectivity index (χ2v) is 7.35. The number of benzene rings is 2. The maximum absolute atomic E-state index is 12.1. The van der Waals surface area contributed by atoms with Crippen LogP contribution in [0.2, 0.25) is 0 Å². The highest BCUT2D eigenvalue weighted by Gasteiger charge is 2.10. The standard InChI is InChI=1S/C23H30N2O2/c1-19-7-13-22(14-8-19)27-17-5-6-23(26)24-21-11-9-20(10-12-21)18-25-15-3-2-4-16-25/h7-14H,2-6,15-18H2,1H3,(H,24,26). The molecule has 27 heavy (non-hydrogen) atoms. The number of aryl methyl sites for hydroxylation is 1. The van der Waals surface area contributed by atoms with Crippen molar-refractivity contribution in [1.82, 2.24) is 4.90 Å². The number of amides is 1. The highest BCUT2D eigenvalue weighted by Crippen LogP contribution is 2.16. The van der Waals surface area contributed by atoms with Gasteiger partial charge in [0.2, 0.25) is 5.91 Å². The summed E-state index contributed by atoms with van der Waals surface area (Å²) in [7, 11) is 0. The Kier molecular flexibility index (Phi) is 7.28. The minimum absolute atomic E-state index is 0.0336. The largest absolute Gasteiger partial charge is 0.494 e. The van der Waals surface area contributed by atoms with Gasteiger partial charge in [-0.1, -0.05) is 36.2 Å². The number of nitrogens with one attached hydrogen (secondary N) is 1. The summed E-state index contributed by atoms with van der Waals surface area (Å²) < 4.78 is 5.66. The highest BCUT2D eigenvalue weighted by atomic mass is 16.5. The third-order valence-corrected chi connectivity index (χ3v) is 4.93. The SMILES string of the molecule is Cc1ccc(OCCCC(=O)Nc2ccc(CN3CCCCC3)cc2)cc1. The van der Waals surface area contributed by atoms with E-state index in [0.29, 0.717) is 19.4 Å². The molecule has 0 radical (unpaired) electrons. The minimum Gasteiger partial charge on any atom is -0.494 e. The number of carbonyl (C=O) groups excluding carboxylic acids is 1. The summed E-state index contributed by atoms with van der Waals surface area (Å²) in [5.74, 6) is 0.886. The van der Waals surface area contributed by atoms with Gasteiger partial charge >= 0.3 is 0 Å². The van der Waals surface area contributed by atoms with Crippen LogP contribution in [0.5, 0.6) is 5.75 Å². The monoisotopic (exact) mass is 366 g/mol. The summed E-state index contributed by atoms with van der Waals surface area (Å²) in [5.41, 5.74) is 3.38. The summed E-state index contributed by atoms with van der Waals surface area (Å²) in [6.07, 6.45) is 5.13. The Hall–Kier alpha value is -2.33. The summed E-state index contributed by atoms with van der Waals surface area (Å²) in [5, 5.41) is 2.97. The Morgan fingerprint density at radius 1 is 1.00 bits per heavy atom. The number of ether oxygens (including phenoxy) is 1. The zero-order valence-electron chi connectivity index (χ0n) is 16.2. The number of carbonyl (C=O) groups is 1. The Morgan fingerprint density at radius 3 is 2.41 bits per heavy atom. The van der Waals surface area contributed by atoms with Crippen molar-refractivity contribution in [2.45, 2.75) is 45.6 Å². The molecule has 1 aliphatic rings. The van der Waals surface area contributed by atoms with Crippen molar-refractivity contribution in [2.75, 3.05) is 25.0 Å². The van der Waals surface area contributed by atoms with Crippen LogP contribution in [0.1, 0.15) is 43.2 Å². The van der Waals surface area contributed by atoms with Crippen molar-refractivity contribution in [3.8, 4) is 5.75 Å². The Morgan fingerprint density at radius 2 is 1.70 bits per heavy atom. The van der Waals surface area contributed by atoms with Gasteiger partial charge in [-0.25, -0.2) is 0 Å². The van der Waals surface area contributed by atoms with E-state index in [1.807, 2.05) is 43.3 Å². The molecule has 3 rings (SSSR count). The Balaban J connectivity index is 1.35. The van der Waals surface area contributed by atoms with Crippen LogP contribution in [-0.4, -0.2) is 30.5 Å². The van der Waals surface area contributed by atoms with Crippen LogP contribution in [0.3, 0.4) is 0 Å². The molecule has 0 aliphatic carbocycles. The number of anilines is 1. The molecule has 1 saturated heterocycles. The minimum atomic E-state index is 0.0336. The Labute approximate surface area is 162 Å². The fourth-order valence-corrected chi connectivity index (χ4v) is 3.35. The van der Waals surface area contributed by atoms with Gasteiger partial charge in [0.15, 0.2) is 0 Å². The van der Waals surface area contributed by atoms with Gasteiger partial charge in [-0.05, 0) is 69.1 Å². The van der Waals surface area contributed by atoms with E-state index in [0.717, 1.165) is 18.0 Å². The van der Waals surface area contributed by atoms with Crippen LogP contribution in [0.25, 0.3) is 0 Å². The molecular weight excluding hydrogens is 336 g/mol. The van der Waals surface area contributed by atoms with Crippen molar-refractivity contribution in [3.05, 3.63) is 59.7 Å². The quantitative estimate of drug-likeness (QED) is 0.684. The molecule has 0 saturated carbocycles. The van der Waals surface area contributed by atoms with Gasteiger partial charge in [0.1, 0.15) is 5.75 Å². The first-order valence-electron chi connectivity index (χ1n) is 10.00. The fourth-order valence-electron chi connectivity index (χ4n) is 3.35. The molecule has 2 aromatic rings. The maximum atomic E-state index is 12.1. The molecule has 4 heteroatoms. The zero-order chi connectivity index (χ0) is 18.9. The van der Waals surface area contributed by atoms with E-state index < -0.39 is 0 Å². The smallest absolute Gasteiger partial charge is 0.224 e. The van der Waals surface area contributed by atoms with E-state index in [9.17, 15) is 4.79 Å². The van der Waals surface area contributed by atoms with E-state index in [2.05, 4.69) is 22.3 Å². The van der Waals surface area contributed by atoms with Gasteiger partial charge < -0.3 is 10.1 Å². The van der Waals surface area contributed by atoms with Crippen molar-refractivity contribution < 1.29 is 9.53 Å². The summed E-state index contributed by atoms with van der Waals surface area (Å²) in [6.45, 7) is 6.00. The van der Waals surface area contributed by atoms with Crippen molar-refractivity contribution in [2.24, 2.45) is 0 Å². The van der Waals surface area contributed by atoms with Crippen LogP contribution in [0, 0.1) is 6.92 Å². The van der Waals surface area contributed by atoms with Crippen LogP contribution >= 0.6 is 0 Å². The number of hydrogen-bond acceptors (Lipinski definition) is 3. The van der Waals surface area contributed by atoms with Crippen LogP contribution < -0.4 is 10.1 Å². The number of piperidine rings is 1. The Bertz CT molecular complexity index is 704. The van der Waals surface area contributed by atoms with Crippen LogP contribution in [-0.2, 0) is 11.3 Å². The lowest BCUT2D eigenvalue weighted by atomic mass is 10.1. The lowest BCUT2D eigenvalue weighted by Crippen LogP contribution is -2.29.